The molecular weight excluding hydrogens is 194 g/mol. The second kappa shape index (κ2) is 3.03. The van der Waals surface area contributed by atoms with Gasteiger partial charge in [-0.2, -0.15) is 5.26 Å². The molecule has 0 amide bonds. The summed E-state index contributed by atoms with van der Waals surface area (Å²) in [5, 5.41) is 10.7. The number of fused-ring (bicyclic) bond motifs is 1. The van der Waals surface area contributed by atoms with Crippen LogP contribution >= 0.6 is 11.3 Å². The van der Waals surface area contributed by atoms with Crippen molar-refractivity contribution in [3.8, 4) is 6.07 Å². The Labute approximate surface area is 87.1 Å². The van der Waals surface area contributed by atoms with E-state index in [4.69, 9.17) is 11.0 Å². The number of nitriles is 1. The first-order valence-electron chi connectivity index (χ1n) is 4.38. The minimum absolute atomic E-state index is 0.282. The summed E-state index contributed by atoms with van der Waals surface area (Å²) in [6.07, 6.45) is 4.10. The summed E-state index contributed by atoms with van der Waals surface area (Å²) in [5.74, 6) is 0.282. The molecule has 1 aliphatic rings. The molecule has 2 heterocycles. The molecule has 0 bridgehead atoms. The maximum absolute atomic E-state index is 9.00. The van der Waals surface area contributed by atoms with Gasteiger partial charge in [0.25, 0.3) is 0 Å². The topological polar surface area (TPSA) is 53.0 Å². The van der Waals surface area contributed by atoms with Crippen molar-refractivity contribution in [2.24, 2.45) is 0 Å². The van der Waals surface area contributed by atoms with Crippen LogP contribution in [-0.4, -0.2) is 7.05 Å². The predicted molar refractivity (Wildman–Crippen MR) is 59.4 cm³/mol. The summed E-state index contributed by atoms with van der Waals surface area (Å²) in [6.45, 7) is 2.08. The molecule has 1 aliphatic heterocycles. The highest BCUT2D eigenvalue weighted by atomic mass is 32.1. The summed E-state index contributed by atoms with van der Waals surface area (Å²) in [6, 6.07) is 2.18. The lowest BCUT2D eigenvalue weighted by molar-refractivity contribution is 0.928. The lowest BCUT2D eigenvalue weighted by atomic mass is 9.97. The molecule has 14 heavy (non-hydrogen) atoms. The molecule has 0 fully saturated rings. The SMILES string of the molecule is CC1C=CN(C)c2sc(N)c(C#N)c21. The Balaban J connectivity index is 2.67. The van der Waals surface area contributed by atoms with E-state index in [2.05, 4.69) is 19.1 Å². The first-order valence-corrected chi connectivity index (χ1v) is 5.20. The third kappa shape index (κ3) is 1.10. The molecule has 1 aromatic heterocycles. The quantitative estimate of drug-likeness (QED) is 0.707. The molecule has 2 N–H and O–H groups in total. The van der Waals surface area contributed by atoms with Crippen LogP contribution in [0.2, 0.25) is 0 Å². The van der Waals surface area contributed by atoms with Crippen molar-refractivity contribution in [3.05, 3.63) is 23.4 Å². The van der Waals surface area contributed by atoms with E-state index in [1.54, 1.807) is 0 Å². The number of allylic oxidation sites excluding steroid dienone is 1. The second-order valence-electron chi connectivity index (χ2n) is 3.41. The molecule has 1 atom stereocenters. The van der Waals surface area contributed by atoms with E-state index in [-0.39, 0.29) is 5.92 Å². The van der Waals surface area contributed by atoms with Gasteiger partial charge in [0.2, 0.25) is 0 Å². The lowest BCUT2D eigenvalue weighted by Gasteiger charge is -2.22. The Hall–Kier alpha value is -1.47. The van der Waals surface area contributed by atoms with Gasteiger partial charge in [-0.1, -0.05) is 24.3 Å². The smallest absolute Gasteiger partial charge is 0.106 e. The molecule has 1 aromatic rings. The number of thiophene rings is 1. The molecule has 1 unspecified atom stereocenters. The summed E-state index contributed by atoms with van der Waals surface area (Å²) in [7, 11) is 1.97. The average molecular weight is 205 g/mol. The molecule has 0 saturated heterocycles. The van der Waals surface area contributed by atoms with Gasteiger partial charge >= 0.3 is 0 Å². The van der Waals surface area contributed by atoms with Gasteiger partial charge in [-0.05, 0) is 0 Å². The van der Waals surface area contributed by atoms with Crippen LogP contribution in [0.1, 0.15) is 24.0 Å². The zero-order valence-corrected chi connectivity index (χ0v) is 8.93. The van der Waals surface area contributed by atoms with Gasteiger partial charge in [0, 0.05) is 24.7 Å². The van der Waals surface area contributed by atoms with E-state index in [1.165, 1.54) is 11.3 Å². The summed E-state index contributed by atoms with van der Waals surface area (Å²) < 4.78 is 0. The first kappa shape index (κ1) is 9.10. The Bertz CT molecular complexity index is 439. The van der Waals surface area contributed by atoms with Crippen LogP contribution in [0.3, 0.4) is 0 Å². The summed E-state index contributed by atoms with van der Waals surface area (Å²) in [4.78, 5) is 2.01. The minimum Gasteiger partial charge on any atom is -0.389 e. The fourth-order valence-corrected chi connectivity index (χ4v) is 2.74. The molecule has 72 valence electrons. The Morgan fingerprint density at radius 1 is 1.64 bits per heavy atom. The highest BCUT2D eigenvalue weighted by molar-refractivity contribution is 7.20. The van der Waals surface area contributed by atoms with Crippen molar-refractivity contribution in [1.82, 2.24) is 0 Å². The minimum atomic E-state index is 0.282. The molecule has 0 saturated carbocycles. The fraction of sp³-hybridized carbons (Fsp3) is 0.300. The summed E-state index contributed by atoms with van der Waals surface area (Å²) in [5.41, 5.74) is 7.51. The monoisotopic (exact) mass is 205 g/mol. The maximum atomic E-state index is 9.00. The largest absolute Gasteiger partial charge is 0.389 e. The van der Waals surface area contributed by atoms with Crippen molar-refractivity contribution in [2.75, 3.05) is 17.7 Å². The lowest BCUT2D eigenvalue weighted by Crippen LogP contribution is -2.13. The van der Waals surface area contributed by atoms with Gasteiger partial charge < -0.3 is 10.6 Å². The molecule has 0 spiro atoms. The number of nitrogens with two attached hydrogens (primary N) is 1. The van der Waals surface area contributed by atoms with Gasteiger partial charge in [0.15, 0.2) is 0 Å². The number of anilines is 2. The number of rotatable bonds is 0. The molecule has 0 radical (unpaired) electrons. The van der Waals surface area contributed by atoms with Gasteiger partial charge in [-0.15, -0.1) is 0 Å². The van der Waals surface area contributed by atoms with Crippen LogP contribution in [0.4, 0.5) is 10.0 Å². The number of hydrogen-bond donors (Lipinski definition) is 1. The molecular formula is C10H11N3S. The second-order valence-corrected chi connectivity index (χ2v) is 4.44. The van der Waals surface area contributed by atoms with Crippen LogP contribution in [-0.2, 0) is 0 Å². The van der Waals surface area contributed by atoms with Crippen molar-refractivity contribution in [2.45, 2.75) is 12.8 Å². The average Bonchev–Trinajstić information content (AvgIpc) is 2.50. The van der Waals surface area contributed by atoms with Gasteiger partial charge in [0.1, 0.15) is 16.1 Å². The zero-order valence-electron chi connectivity index (χ0n) is 8.11. The van der Waals surface area contributed by atoms with Gasteiger partial charge in [0.05, 0.1) is 5.56 Å². The number of nitrogens with zero attached hydrogens (tertiary/aromatic N) is 2. The standard InChI is InChI=1S/C10H11N3S/c1-6-3-4-13(2)10-8(6)7(5-11)9(12)14-10/h3-4,6H,12H2,1-2H3. The highest BCUT2D eigenvalue weighted by Gasteiger charge is 2.24. The third-order valence-corrected chi connectivity index (χ3v) is 3.56. The third-order valence-electron chi connectivity index (χ3n) is 2.44. The van der Waals surface area contributed by atoms with E-state index < -0.39 is 0 Å². The zero-order chi connectivity index (χ0) is 10.3. The van der Waals surface area contributed by atoms with Crippen molar-refractivity contribution < 1.29 is 0 Å². The van der Waals surface area contributed by atoms with Crippen LogP contribution < -0.4 is 10.6 Å². The first-order chi connectivity index (χ1) is 6.65. The van der Waals surface area contributed by atoms with E-state index >= 15 is 0 Å². The normalized spacial score (nSPS) is 19.2. The van der Waals surface area contributed by atoms with Gasteiger partial charge in [-0.25, -0.2) is 0 Å². The van der Waals surface area contributed by atoms with Gasteiger partial charge in [-0.3, -0.25) is 0 Å². The van der Waals surface area contributed by atoms with Crippen molar-refractivity contribution >= 4 is 21.3 Å². The van der Waals surface area contributed by atoms with E-state index in [1.807, 2.05) is 18.1 Å². The Kier molecular flexibility index (Phi) is 1.97. The van der Waals surface area contributed by atoms with Crippen LogP contribution in [0, 0.1) is 11.3 Å². The predicted octanol–water partition coefficient (Wildman–Crippen LogP) is 2.27. The van der Waals surface area contributed by atoms with Crippen LogP contribution in [0.5, 0.6) is 0 Å². The van der Waals surface area contributed by atoms with Crippen molar-refractivity contribution in [3.63, 3.8) is 0 Å². The number of nitrogen functional groups attached to an aromatic ring is 1. The maximum Gasteiger partial charge on any atom is 0.106 e. The van der Waals surface area contributed by atoms with E-state index in [0.717, 1.165) is 10.6 Å². The fourth-order valence-electron chi connectivity index (χ4n) is 1.67. The molecule has 2 rings (SSSR count). The van der Waals surface area contributed by atoms with Crippen LogP contribution in [0.25, 0.3) is 0 Å². The van der Waals surface area contributed by atoms with E-state index in [0.29, 0.717) is 10.6 Å². The van der Waals surface area contributed by atoms with E-state index in [9.17, 15) is 0 Å². The molecule has 0 aliphatic carbocycles. The summed E-state index contributed by atoms with van der Waals surface area (Å²) >= 11 is 1.48. The van der Waals surface area contributed by atoms with Crippen molar-refractivity contribution in [1.29, 1.82) is 5.26 Å². The highest BCUT2D eigenvalue weighted by Crippen LogP contribution is 2.44. The Morgan fingerprint density at radius 3 is 3.00 bits per heavy atom. The number of hydrogen-bond acceptors (Lipinski definition) is 4. The molecule has 3 nitrogen and oxygen atoms in total. The Morgan fingerprint density at radius 2 is 2.36 bits per heavy atom. The molecule has 4 heteroatoms. The molecule has 0 aromatic carbocycles. The van der Waals surface area contributed by atoms with Crippen LogP contribution in [0.15, 0.2) is 12.3 Å².